The number of nitriles is 1. The highest BCUT2D eigenvalue weighted by Crippen LogP contribution is 2.30. The minimum absolute atomic E-state index is 0.0139. The molecule has 0 saturated carbocycles. The van der Waals surface area contributed by atoms with Gasteiger partial charge in [0.15, 0.2) is 5.60 Å². The molecule has 0 aliphatic carbocycles. The summed E-state index contributed by atoms with van der Waals surface area (Å²) in [4.78, 5) is 66.9. The normalized spacial score (nSPS) is 24.5. The monoisotopic (exact) mass is 682 g/mol. The molecule has 49 heavy (non-hydrogen) atoms. The zero-order valence-electron chi connectivity index (χ0n) is 28.0. The van der Waals surface area contributed by atoms with E-state index in [-0.39, 0.29) is 24.6 Å². The molecule has 0 bridgehead atoms. The van der Waals surface area contributed by atoms with E-state index in [1.807, 2.05) is 20.8 Å². The summed E-state index contributed by atoms with van der Waals surface area (Å²) >= 11 is 0. The number of nitrogens with zero attached hydrogens (tertiary/aromatic N) is 3. The van der Waals surface area contributed by atoms with E-state index in [0.717, 1.165) is 0 Å². The number of ether oxygens (including phenoxy) is 2. The molecule has 0 radical (unpaired) electrons. The third-order valence-corrected chi connectivity index (χ3v) is 8.87. The fraction of sp³-hybridized carbons (Fsp3) is 0.576. The fourth-order valence-corrected chi connectivity index (χ4v) is 6.31. The van der Waals surface area contributed by atoms with E-state index < -0.39 is 73.1 Å². The molecular formula is C33H43BN4O11. The first-order chi connectivity index (χ1) is 23.2. The molecule has 3 aliphatic heterocycles. The molecule has 3 heterocycles. The third-order valence-electron chi connectivity index (χ3n) is 8.87. The smallest absolute Gasteiger partial charge is 0.508 e. The van der Waals surface area contributed by atoms with Gasteiger partial charge in [0.05, 0.1) is 38.0 Å². The fourth-order valence-electron chi connectivity index (χ4n) is 6.31. The molecule has 0 aromatic heterocycles. The van der Waals surface area contributed by atoms with Crippen LogP contribution in [0.1, 0.15) is 58.4 Å². The van der Waals surface area contributed by atoms with E-state index in [4.69, 9.17) is 18.8 Å². The lowest BCUT2D eigenvalue weighted by Crippen LogP contribution is -2.61. The zero-order chi connectivity index (χ0) is 35.8. The van der Waals surface area contributed by atoms with E-state index in [9.17, 15) is 39.4 Å². The molecule has 1 unspecified atom stereocenters. The van der Waals surface area contributed by atoms with Crippen LogP contribution in [0.5, 0.6) is 0 Å². The minimum Gasteiger partial charge on any atom is -0.508 e. The van der Waals surface area contributed by atoms with Gasteiger partial charge in [-0.05, 0) is 58.1 Å². The van der Waals surface area contributed by atoms with Crippen molar-refractivity contribution in [1.82, 2.24) is 15.1 Å². The van der Waals surface area contributed by atoms with Gasteiger partial charge < -0.3 is 39.2 Å². The Kier molecular flexibility index (Phi) is 12.4. The van der Waals surface area contributed by atoms with Gasteiger partial charge in [-0.2, -0.15) is 5.26 Å². The average molecular weight is 683 g/mol. The molecule has 264 valence electrons. The van der Waals surface area contributed by atoms with Crippen LogP contribution in [0.2, 0.25) is 0 Å². The number of rotatable bonds is 11. The number of amides is 2. The van der Waals surface area contributed by atoms with Crippen LogP contribution in [0.25, 0.3) is 0 Å². The Bertz CT molecular complexity index is 1460. The van der Waals surface area contributed by atoms with Gasteiger partial charge in [0.1, 0.15) is 17.7 Å². The number of hydrogen-bond donors (Lipinski definition) is 3. The molecule has 1 aromatic rings. The topological polar surface area (TPSA) is 205 Å². The highest BCUT2D eigenvalue weighted by molar-refractivity contribution is 6.50. The Morgan fingerprint density at radius 1 is 1.18 bits per heavy atom. The molecule has 0 spiro atoms. The highest BCUT2D eigenvalue weighted by Gasteiger charge is 2.55. The summed E-state index contributed by atoms with van der Waals surface area (Å²) in [7, 11) is -1.65. The molecule has 16 heteroatoms. The second-order valence-corrected chi connectivity index (χ2v) is 13.2. The number of likely N-dealkylation sites (tertiary alicyclic amines) is 1. The summed E-state index contributed by atoms with van der Waals surface area (Å²) < 4.78 is 22.3. The van der Waals surface area contributed by atoms with Gasteiger partial charge in [-0.15, -0.1) is 0 Å². The molecule has 3 fully saturated rings. The van der Waals surface area contributed by atoms with Crippen molar-refractivity contribution in [3.63, 3.8) is 0 Å². The Balaban J connectivity index is 1.49. The van der Waals surface area contributed by atoms with E-state index in [1.54, 1.807) is 36.4 Å². The number of morpholine rings is 1. The molecule has 3 N–H and O–H groups in total. The van der Waals surface area contributed by atoms with E-state index in [2.05, 4.69) is 16.3 Å². The van der Waals surface area contributed by atoms with Gasteiger partial charge in [-0.1, -0.05) is 30.3 Å². The molecule has 4 rings (SSSR count). The number of carbonyl (C=O) groups excluding carboxylic acids is 3. The molecular weight excluding hydrogens is 639 g/mol. The lowest BCUT2D eigenvalue weighted by molar-refractivity contribution is -0.175. The van der Waals surface area contributed by atoms with Gasteiger partial charge in [-0.3, -0.25) is 19.3 Å². The second kappa shape index (κ2) is 16.3. The van der Waals surface area contributed by atoms with Crippen LogP contribution in [0.15, 0.2) is 42.0 Å². The van der Waals surface area contributed by atoms with Crippen LogP contribution < -0.4 is 5.32 Å². The minimum atomic E-state index is -2.41. The van der Waals surface area contributed by atoms with E-state index >= 15 is 0 Å². The Morgan fingerprint density at radius 3 is 2.57 bits per heavy atom. The summed E-state index contributed by atoms with van der Waals surface area (Å²) in [6.07, 6.45) is -0.144. The quantitative estimate of drug-likeness (QED) is 0.174. The zero-order valence-corrected chi connectivity index (χ0v) is 28.0. The Hall–Kier alpha value is -4.46. The van der Waals surface area contributed by atoms with Gasteiger partial charge >= 0.3 is 25.2 Å². The van der Waals surface area contributed by atoms with Crippen molar-refractivity contribution in [2.24, 2.45) is 0 Å². The highest BCUT2D eigenvalue weighted by atomic mass is 16.7. The van der Waals surface area contributed by atoms with Crippen molar-refractivity contribution in [1.29, 1.82) is 5.26 Å². The maximum atomic E-state index is 13.6. The van der Waals surface area contributed by atoms with Gasteiger partial charge in [0.2, 0.25) is 0 Å². The summed E-state index contributed by atoms with van der Waals surface area (Å²) in [6, 6.07) is 10.8. The van der Waals surface area contributed by atoms with Crippen LogP contribution in [0.4, 0.5) is 4.79 Å². The summed E-state index contributed by atoms with van der Waals surface area (Å²) in [5.41, 5.74) is -2.35. The third kappa shape index (κ3) is 10.0. The number of carboxylic acids is 2. The van der Waals surface area contributed by atoms with Crippen molar-refractivity contribution in [3.05, 3.63) is 47.5 Å². The number of aliphatic carboxylic acids is 2. The van der Waals surface area contributed by atoms with Gasteiger partial charge in [0.25, 0.3) is 11.9 Å². The molecule has 1 aromatic carbocycles. The van der Waals surface area contributed by atoms with Crippen LogP contribution >= 0.6 is 0 Å². The van der Waals surface area contributed by atoms with Crippen LogP contribution in [0, 0.1) is 11.3 Å². The van der Waals surface area contributed by atoms with Gasteiger partial charge in [-0.25, -0.2) is 9.59 Å². The maximum Gasteiger partial charge on any atom is 0.552 e. The predicted octanol–water partition coefficient (Wildman–Crippen LogP) is 1.94. The number of alkyl carbamates (subject to hydrolysis) is 1. The van der Waals surface area contributed by atoms with Crippen LogP contribution in [-0.4, -0.2) is 119 Å². The lowest BCUT2D eigenvalue weighted by atomic mass is 9.71. The van der Waals surface area contributed by atoms with E-state index in [1.165, 1.54) is 4.90 Å². The lowest BCUT2D eigenvalue weighted by Gasteiger charge is -2.41. The summed E-state index contributed by atoms with van der Waals surface area (Å²) in [5, 5.41) is 31.8. The van der Waals surface area contributed by atoms with E-state index in [0.29, 0.717) is 51.1 Å². The first-order valence-electron chi connectivity index (χ1n) is 16.3. The van der Waals surface area contributed by atoms with Crippen molar-refractivity contribution in [3.8, 4) is 6.07 Å². The first kappa shape index (κ1) is 37.4. The first-order valence-corrected chi connectivity index (χ1v) is 16.3. The standard InChI is InChI=1S/C33H43BN4O11/c1-22-20-38(13-14-46-22)32(2,3)16-24(19-35)29(42)37-12-8-7-11-25(21-37)47-31(45)36-26(15-23-9-5-4-6-10-23)34-48-28(41)18-33(49-34,30(43)44)17-27(39)40/h4-6,9-10,16,22,25-26H,7-8,11-15,17-18,20-21H2,1-3H3,(H,36,45)(H,39,40)(H,43,44)/b24-16+/t22-,25-,26+,33?/m1/s1. The SMILES string of the molecule is C[C@@H]1CN(C(C)(C)/C=C(\C#N)C(=O)N2CCCC[C@@H](OC(=O)N[C@@H](Cc3ccccc3)B3OC(=O)CC(CC(=O)O)(C(=O)O)O3)C2)CCO1. The summed E-state index contributed by atoms with van der Waals surface area (Å²) in [6.45, 7) is 8.09. The molecule has 3 saturated heterocycles. The molecule has 2 amide bonds. The largest absolute Gasteiger partial charge is 0.552 e. The number of benzene rings is 1. The average Bonchev–Trinajstić information content (AvgIpc) is 3.28. The predicted molar refractivity (Wildman–Crippen MR) is 173 cm³/mol. The van der Waals surface area contributed by atoms with Crippen LogP contribution in [0.3, 0.4) is 0 Å². The summed E-state index contributed by atoms with van der Waals surface area (Å²) in [5.74, 6) is -5.80. The second-order valence-electron chi connectivity index (χ2n) is 13.2. The van der Waals surface area contributed by atoms with Crippen molar-refractivity contribution in [2.45, 2.75) is 88.6 Å². The van der Waals surface area contributed by atoms with Crippen LogP contribution in [-0.2, 0) is 44.4 Å². The Labute approximate surface area is 285 Å². The van der Waals surface area contributed by atoms with Crippen molar-refractivity contribution < 1.29 is 53.0 Å². The maximum absolute atomic E-state index is 13.6. The number of carbonyl (C=O) groups is 5. The number of nitrogens with one attached hydrogen (secondary N) is 1. The Morgan fingerprint density at radius 2 is 1.92 bits per heavy atom. The number of hydrogen-bond acceptors (Lipinski definition) is 11. The molecule has 3 aliphatic rings. The van der Waals surface area contributed by atoms with Crippen molar-refractivity contribution >= 4 is 37.0 Å². The van der Waals surface area contributed by atoms with Crippen molar-refractivity contribution in [2.75, 3.05) is 32.8 Å². The number of carboxylic acid groups (broad SMARTS) is 2. The molecule has 15 nitrogen and oxygen atoms in total. The van der Waals surface area contributed by atoms with Gasteiger partial charge in [0, 0.05) is 25.2 Å². The molecule has 4 atom stereocenters.